The van der Waals surface area contributed by atoms with E-state index < -0.39 is 0 Å². The molecule has 0 aromatic heterocycles. The molecule has 0 spiro atoms. The van der Waals surface area contributed by atoms with Crippen molar-refractivity contribution in [3.63, 3.8) is 0 Å². The molecule has 0 bridgehead atoms. The van der Waals surface area contributed by atoms with Gasteiger partial charge in [-0.25, -0.2) is 0 Å². The first-order valence-electron chi connectivity index (χ1n) is 5.33. The van der Waals surface area contributed by atoms with Crippen molar-refractivity contribution in [1.82, 2.24) is 10.4 Å². The summed E-state index contributed by atoms with van der Waals surface area (Å²) in [6.45, 7) is 2.22. The van der Waals surface area contributed by atoms with Crippen LogP contribution in [0.3, 0.4) is 0 Å². The summed E-state index contributed by atoms with van der Waals surface area (Å²) in [5, 5.41) is 2.03. The van der Waals surface area contributed by atoms with Crippen molar-refractivity contribution in [1.29, 1.82) is 0 Å². The summed E-state index contributed by atoms with van der Waals surface area (Å²) in [5.41, 5.74) is 3.41. The molecule has 0 radical (unpaired) electrons. The molecule has 84 valence electrons. The molecule has 1 aromatic rings. The predicted octanol–water partition coefficient (Wildman–Crippen LogP) is 2.62. The molecule has 1 unspecified atom stereocenters. The van der Waals surface area contributed by atoms with E-state index in [0.29, 0.717) is 6.04 Å². The fourth-order valence-corrected chi connectivity index (χ4v) is 2.38. The molecule has 1 N–H and O–H groups in total. The van der Waals surface area contributed by atoms with Gasteiger partial charge in [0.25, 0.3) is 0 Å². The van der Waals surface area contributed by atoms with E-state index in [2.05, 4.69) is 42.7 Å². The minimum atomic E-state index is 0.546. The van der Waals surface area contributed by atoms with E-state index in [1.54, 1.807) is 0 Å². The Morgan fingerprint density at radius 3 is 2.47 bits per heavy atom. The monoisotopic (exact) mass is 224 g/mol. The van der Waals surface area contributed by atoms with Crippen molar-refractivity contribution < 1.29 is 0 Å². The summed E-state index contributed by atoms with van der Waals surface area (Å²) < 4.78 is 0. The second kappa shape index (κ2) is 6.88. The molecule has 0 aliphatic rings. The summed E-state index contributed by atoms with van der Waals surface area (Å²) in [6, 6.07) is 11.1. The van der Waals surface area contributed by atoms with Gasteiger partial charge in [-0.3, -0.25) is 10.4 Å². The SMILES string of the molecule is CCC(CSc1ccccc1)NN(C)C. The van der Waals surface area contributed by atoms with Crippen LogP contribution in [0.15, 0.2) is 35.2 Å². The van der Waals surface area contributed by atoms with Gasteiger partial charge in [0.05, 0.1) is 0 Å². The first-order chi connectivity index (χ1) is 7.22. The second-order valence-electron chi connectivity index (χ2n) is 3.75. The lowest BCUT2D eigenvalue weighted by molar-refractivity contribution is 0.249. The van der Waals surface area contributed by atoms with Crippen LogP contribution in [0.4, 0.5) is 0 Å². The van der Waals surface area contributed by atoms with E-state index in [-0.39, 0.29) is 0 Å². The van der Waals surface area contributed by atoms with Crippen LogP contribution in [0.25, 0.3) is 0 Å². The highest BCUT2D eigenvalue weighted by Gasteiger charge is 2.06. The van der Waals surface area contributed by atoms with Gasteiger partial charge in [0.15, 0.2) is 0 Å². The maximum Gasteiger partial charge on any atom is 0.0306 e. The molecular weight excluding hydrogens is 204 g/mol. The zero-order chi connectivity index (χ0) is 11.1. The molecule has 2 nitrogen and oxygen atoms in total. The maximum atomic E-state index is 3.41. The molecule has 3 heteroatoms. The van der Waals surface area contributed by atoms with Crippen LogP contribution >= 0.6 is 11.8 Å². The highest BCUT2D eigenvalue weighted by atomic mass is 32.2. The Kier molecular flexibility index (Phi) is 5.76. The third-order valence-corrected chi connectivity index (χ3v) is 3.30. The Morgan fingerprint density at radius 2 is 1.93 bits per heavy atom. The minimum absolute atomic E-state index is 0.546. The van der Waals surface area contributed by atoms with Gasteiger partial charge < -0.3 is 0 Å². The lowest BCUT2D eigenvalue weighted by atomic mass is 10.3. The molecule has 1 rings (SSSR count). The zero-order valence-electron chi connectivity index (χ0n) is 9.73. The smallest absolute Gasteiger partial charge is 0.0306 e. The number of hydrogen-bond donors (Lipinski definition) is 1. The summed E-state index contributed by atoms with van der Waals surface area (Å²) in [5.74, 6) is 1.11. The van der Waals surface area contributed by atoms with Crippen LogP contribution in [0, 0.1) is 0 Å². The molecular formula is C12H20N2S. The first kappa shape index (κ1) is 12.6. The fraction of sp³-hybridized carbons (Fsp3) is 0.500. The molecule has 0 heterocycles. The number of nitrogens with zero attached hydrogens (tertiary/aromatic N) is 1. The van der Waals surface area contributed by atoms with Crippen LogP contribution in [0.1, 0.15) is 13.3 Å². The molecule has 0 amide bonds. The third-order valence-electron chi connectivity index (χ3n) is 2.13. The van der Waals surface area contributed by atoms with E-state index >= 15 is 0 Å². The van der Waals surface area contributed by atoms with Crippen LogP contribution in [-0.2, 0) is 0 Å². The summed E-state index contributed by atoms with van der Waals surface area (Å²) in [7, 11) is 4.08. The molecule has 15 heavy (non-hydrogen) atoms. The number of hydrogen-bond acceptors (Lipinski definition) is 3. The molecule has 0 fully saturated rings. The number of hydrazine groups is 1. The third kappa shape index (κ3) is 5.21. The molecule has 0 aliphatic heterocycles. The van der Waals surface area contributed by atoms with Crippen molar-refractivity contribution in [3.8, 4) is 0 Å². The molecule has 1 aromatic carbocycles. The fourth-order valence-electron chi connectivity index (χ4n) is 1.33. The number of rotatable bonds is 6. The summed E-state index contributed by atoms with van der Waals surface area (Å²) in [6.07, 6.45) is 1.15. The van der Waals surface area contributed by atoms with Crippen molar-refractivity contribution in [2.45, 2.75) is 24.3 Å². The lowest BCUT2D eigenvalue weighted by Gasteiger charge is -2.21. The highest BCUT2D eigenvalue weighted by molar-refractivity contribution is 7.99. The minimum Gasteiger partial charge on any atom is -0.252 e. The average molecular weight is 224 g/mol. The lowest BCUT2D eigenvalue weighted by Crippen LogP contribution is -2.40. The quantitative estimate of drug-likeness (QED) is 0.591. The van der Waals surface area contributed by atoms with Gasteiger partial charge in [0, 0.05) is 30.8 Å². The normalized spacial score (nSPS) is 13.1. The predicted molar refractivity (Wildman–Crippen MR) is 68.1 cm³/mol. The van der Waals surface area contributed by atoms with Crippen LogP contribution in [-0.4, -0.2) is 30.9 Å². The van der Waals surface area contributed by atoms with Crippen molar-refractivity contribution in [2.24, 2.45) is 0 Å². The number of benzene rings is 1. The van der Waals surface area contributed by atoms with E-state index in [0.717, 1.165) is 12.2 Å². The summed E-state index contributed by atoms with van der Waals surface area (Å²) in [4.78, 5) is 1.34. The van der Waals surface area contributed by atoms with Crippen LogP contribution in [0.2, 0.25) is 0 Å². The molecule has 0 aliphatic carbocycles. The van der Waals surface area contributed by atoms with E-state index in [9.17, 15) is 0 Å². The van der Waals surface area contributed by atoms with Crippen molar-refractivity contribution in [2.75, 3.05) is 19.8 Å². The highest BCUT2D eigenvalue weighted by Crippen LogP contribution is 2.18. The van der Waals surface area contributed by atoms with E-state index in [1.807, 2.05) is 30.9 Å². The topological polar surface area (TPSA) is 15.3 Å². The number of thioether (sulfide) groups is 1. The number of nitrogens with one attached hydrogen (secondary N) is 1. The second-order valence-corrected chi connectivity index (χ2v) is 4.85. The van der Waals surface area contributed by atoms with Gasteiger partial charge in [-0.05, 0) is 18.6 Å². The van der Waals surface area contributed by atoms with E-state index in [1.165, 1.54) is 4.90 Å². The zero-order valence-corrected chi connectivity index (χ0v) is 10.6. The van der Waals surface area contributed by atoms with Gasteiger partial charge >= 0.3 is 0 Å². The van der Waals surface area contributed by atoms with Gasteiger partial charge in [-0.2, -0.15) is 0 Å². The molecule has 0 saturated heterocycles. The molecule has 0 saturated carbocycles. The maximum absolute atomic E-state index is 3.41. The Balaban J connectivity index is 2.34. The first-order valence-corrected chi connectivity index (χ1v) is 6.32. The van der Waals surface area contributed by atoms with Gasteiger partial charge in [-0.15, -0.1) is 11.8 Å². The standard InChI is InChI=1S/C12H20N2S/c1-4-11(13-14(2)3)10-15-12-8-6-5-7-9-12/h5-9,11,13H,4,10H2,1-3H3. The van der Waals surface area contributed by atoms with Crippen molar-refractivity contribution >= 4 is 11.8 Å². The Morgan fingerprint density at radius 1 is 1.27 bits per heavy atom. The Hall–Kier alpha value is -0.510. The largest absolute Gasteiger partial charge is 0.252 e. The van der Waals surface area contributed by atoms with Crippen molar-refractivity contribution in [3.05, 3.63) is 30.3 Å². The van der Waals surface area contributed by atoms with Crippen LogP contribution < -0.4 is 5.43 Å². The van der Waals surface area contributed by atoms with Gasteiger partial charge in [0.1, 0.15) is 0 Å². The summed E-state index contributed by atoms with van der Waals surface area (Å²) >= 11 is 1.91. The van der Waals surface area contributed by atoms with Gasteiger partial charge in [-0.1, -0.05) is 25.1 Å². The Bertz CT molecular complexity index is 262. The van der Waals surface area contributed by atoms with Gasteiger partial charge in [0.2, 0.25) is 0 Å². The van der Waals surface area contributed by atoms with Crippen LogP contribution in [0.5, 0.6) is 0 Å². The Labute approximate surface area is 97.0 Å². The molecule has 1 atom stereocenters. The average Bonchev–Trinajstić information content (AvgIpc) is 2.25. The van der Waals surface area contributed by atoms with E-state index in [4.69, 9.17) is 0 Å².